The van der Waals surface area contributed by atoms with Gasteiger partial charge in [0.15, 0.2) is 5.16 Å². The maximum Gasteiger partial charge on any atom is 0.263 e. The summed E-state index contributed by atoms with van der Waals surface area (Å²) in [6.45, 7) is 11.9. The topological polar surface area (TPSA) is 67.2 Å². The van der Waals surface area contributed by atoms with E-state index in [-0.39, 0.29) is 23.3 Å². The Balaban J connectivity index is 1.56. The second kappa shape index (κ2) is 11.1. The van der Waals surface area contributed by atoms with Crippen molar-refractivity contribution in [3.8, 4) is 0 Å². The summed E-state index contributed by atoms with van der Waals surface area (Å²) in [4.78, 5) is 35.6. The third kappa shape index (κ3) is 5.56. The lowest BCUT2D eigenvalue weighted by Crippen LogP contribution is -2.45. The maximum absolute atomic E-state index is 13.6. The summed E-state index contributed by atoms with van der Waals surface area (Å²) < 4.78 is 1.74. The van der Waals surface area contributed by atoms with Crippen LogP contribution < -0.4 is 10.9 Å². The molecule has 6 nitrogen and oxygen atoms in total. The Bertz CT molecular complexity index is 1210. The van der Waals surface area contributed by atoms with Crippen LogP contribution in [0, 0.1) is 13.8 Å². The fourth-order valence-corrected chi connectivity index (χ4v) is 6.47. The van der Waals surface area contributed by atoms with Gasteiger partial charge in [-0.1, -0.05) is 55.4 Å². The van der Waals surface area contributed by atoms with Crippen LogP contribution in [0.1, 0.15) is 48.3 Å². The Hall–Kier alpha value is -2.16. The Morgan fingerprint density at radius 2 is 1.88 bits per heavy atom. The van der Waals surface area contributed by atoms with Crippen molar-refractivity contribution in [1.29, 1.82) is 0 Å². The van der Waals surface area contributed by atoms with Crippen molar-refractivity contribution >= 4 is 39.2 Å². The van der Waals surface area contributed by atoms with E-state index in [4.69, 9.17) is 4.98 Å². The van der Waals surface area contributed by atoms with Crippen molar-refractivity contribution in [3.05, 3.63) is 56.2 Å². The average molecular weight is 499 g/mol. The molecule has 8 heteroatoms. The first kappa shape index (κ1) is 24.9. The summed E-state index contributed by atoms with van der Waals surface area (Å²) in [6.07, 6.45) is 2.85. The third-order valence-electron chi connectivity index (χ3n) is 6.63. The van der Waals surface area contributed by atoms with Crippen molar-refractivity contribution < 1.29 is 4.79 Å². The van der Waals surface area contributed by atoms with E-state index in [2.05, 4.69) is 43.1 Å². The van der Waals surface area contributed by atoms with Crippen molar-refractivity contribution in [2.75, 3.05) is 25.4 Å². The molecule has 3 aromatic rings. The monoisotopic (exact) mass is 498 g/mol. The molecule has 0 atom stereocenters. The number of amides is 1. The molecule has 0 spiro atoms. The molecule has 0 radical (unpaired) electrons. The molecule has 34 heavy (non-hydrogen) atoms. The molecule has 1 aromatic carbocycles. The molecule has 0 unspecified atom stereocenters. The second-order valence-corrected chi connectivity index (χ2v) is 11.0. The van der Waals surface area contributed by atoms with Gasteiger partial charge in [-0.3, -0.25) is 14.2 Å². The molecule has 1 amide bonds. The lowest BCUT2D eigenvalue weighted by Gasteiger charge is -2.31. The highest BCUT2D eigenvalue weighted by Gasteiger charge is 2.21. The summed E-state index contributed by atoms with van der Waals surface area (Å²) in [5.41, 5.74) is 3.24. The van der Waals surface area contributed by atoms with E-state index in [1.165, 1.54) is 22.2 Å². The Kier molecular flexibility index (Phi) is 8.11. The number of benzene rings is 1. The molecule has 0 bridgehead atoms. The first-order valence-corrected chi connectivity index (χ1v) is 13.9. The van der Waals surface area contributed by atoms with Crippen LogP contribution in [-0.4, -0.2) is 51.8 Å². The van der Waals surface area contributed by atoms with Gasteiger partial charge in [0.05, 0.1) is 17.7 Å². The fourth-order valence-electron chi connectivity index (χ4n) is 4.50. The minimum absolute atomic E-state index is 0.00721. The number of piperidine rings is 1. The number of nitrogens with zero attached hydrogens (tertiary/aromatic N) is 3. The summed E-state index contributed by atoms with van der Waals surface area (Å²) in [6, 6.07) is 8.44. The van der Waals surface area contributed by atoms with Gasteiger partial charge in [-0.25, -0.2) is 4.98 Å². The van der Waals surface area contributed by atoms with Crippen LogP contribution in [0.15, 0.2) is 34.2 Å². The summed E-state index contributed by atoms with van der Waals surface area (Å²) >= 11 is 2.95. The number of carbonyl (C=O) groups excluding carboxylic acids is 1. The molecule has 1 N–H and O–H groups in total. The standard InChI is InChI=1S/C26H34N4O2S2/c1-5-21-18(4)23-24(34-21)28-26(30(25(23)32)15-19-9-7-17(3)8-10-19)33-16-22(31)27-20-11-13-29(6-2)14-12-20/h7-10,20H,5-6,11-16H2,1-4H3,(H,27,31). The number of aryl methyl sites for hydroxylation is 3. The minimum Gasteiger partial charge on any atom is -0.353 e. The molecule has 0 aliphatic carbocycles. The zero-order valence-corrected chi connectivity index (χ0v) is 22.2. The fraction of sp³-hybridized carbons (Fsp3) is 0.500. The zero-order chi connectivity index (χ0) is 24.2. The van der Waals surface area contributed by atoms with E-state index in [1.54, 1.807) is 15.9 Å². The summed E-state index contributed by atoms with van der Waals surface area (Å²) in [7, 11) is 0. The van der Waals surface area contributed by atoms with Crippen molar-refractivity contribution in [1.82, 2.24) is 19.8 Å². The Morgan fingerprint density at radius 1 is 1.18 bits per heavy atom. The molecule has 3 heterocycles. The first-order valence-electron chi connectivity index (χ1n) is 12.1. The largest absolute Gasteiger partial charge is 0.353 e. The number of fused-ring (bicyclic) bond motifs is 1. The van der Waals surface area contributed by atoms with Gasteiger partial charge in [-0.15, -0.1) is 11.3 Å². The van der Waals surface area contributed by atoms with Gasteiger partial charge >= 0.3 is 0 Å². The molecular formula is C26H34N4O2S2. The van der Waals surface area contributed by atoms with Gasteiger partial charge in [-0.2, -0.15) is 0 Å². The minimum atomic E-state index is -0.0196. The van der Waals surface area contributed by atoms with Crippen LogP contribution in [0.4, 0.5) is 0 Å². The smallest absolute Gasteiger partial charge is 0.263 e. The highest BCUT2D eigenvalue weighted by molar-refractivity contribution is 7.99. The molecule has 1 aliphatic rings. The van der Waals surface area contributed by atoms with Gasteiger partial charge in [0, 0.05) is 24.0 Å². The van der Waals surface area contributed by atoms with E-state index in [0.29, 0.717) is 17.1 Å². The van der Waals surface area contributed by atoms with Crippen LogP contribution in [0.25, 0.3) is 10.2 Å². The van der Waals surface area contributed by atoms with Crippen LogP contribution in [0.5, 0.6) is 0 Å². The van der Waals surface area contributed by atoms with Crippen molar-refractivity contribution in [2.45, 2.75) is 64.7 Å². The van der Waals surface area contributed by atoms with Crippen molar-refractivity contribution in [3.63, 3.8) is 0 Å². The SMILES string of the molecule is CCc1sc2nc(SCC(=O)NC3CCN(CC)CC3)n(Cc3ccc(C)cc3)c(=O)c2c1C. The van der Waals surface area contributed by atoms with Gasteiger partial charge in [-0.05, 0) is 50.8 Å². The normalized spacial score (nSPS) is 15.2. The highest BCUT2D eigenvalue weighted by atomic mass is 32.2. The highest BCUT2D eigenvalue weighted by Crippen LogP contribution is 2.29. The van der Waals surface area contributed by atoms with E-state index in [0.717, 1.165) is 54.9 Å². The lowest BCUT2D eigenvalue weighted by molar-refractivity contribution is -0.119. The number of thioether (sulfide) groups is 1. The van der Waals surface area contributed by atoms with E-state index in [9.17, 15) is 9.59 Å². The quantitative estimate of drug-likeness (QED) is 0.369. The molecule has 1 saturated heterocycles. The molecule has 1 aliphatic heterocycles. The predicted octanol–water partition coefficient (Wildman–Crippen LogP) is 4.38. The number of likely N-dealkylation sites (tertiary alicyclic amines) is 1. The van der Waals surface area contributed by atoms with Crippen LogP contribution >= 0.6 is 23.1 Å². The molecular weight excluding hydrogens is 464 g/mol. The Labute approximate surface area is 209 Å². The molecule has 1 fully saturated rings. The van der Waals surface area contributed by atoms with E-state index in [1.807, 2.05) is 19.1 Å². The Morgan fingerprint density at radius 3 is 2.53 bits per heavy atom. The van der Waals surface area contributed by atoms with Gasteiger partial charge in [0.25, 0.3) is 5.56 Å². The van der Waals surface area contributed by atoms with E-state index < -0.39 is 0 Å². The number of hydrogen-bond acceptors (Lipinski definition) is 6. The van der Waals surface area contributed by atoms with Gasteiger partial charge in [0.2, 0.25) is 5.91 Å². The molecule has 0 saturated carbocycles. The van der Waals surface area contributed by atoms with Crippen molar-refractivity contribution in [2.24, 2.45) is 0 Å². The van der Waals surface area contributed by atoms with Crippen LogP contribution in [0.3, 0.4) is 0 Å². The maximum atomic E-state index is 13.6. The number of aromatic nitrogens is 2. The summed E-state index contributed by atoms with van der Waals surface area (Å²) in [5.74, 6) is 0.262. The third-order valence-corrected chi connectivity index (χ3v) is 8.94. The van der Waals surface area contributed by atoms with E-state index >= 15 is 0 Å². The van der Waals surface area contributed by atoms with Gasteiger partial charge in [0.1, 0.15) is 4.83 Å². The molecule has 182 valence electrons. The average Bonchev–Trinajstić information content (AvgIpc) is 3.17. The number of carbonyl (C=O) groups is 1. The lowest BCUT2D eigenvalue weighted by atomic mass is 10.1. The number of hydrogen-bond donors (Lipinski definition) is 1. The molecule has 4 rings (SSSR count). The number of thiophene rings is 1. The number of nitrogens with one attached hydrogen (secondary N) is 1. The summed E-state index contributed by atoms with van der Waals surface area (Å²) in [5, 5.41) is 4.51. The number of rotatable bonds is 8. The molecule has 2 aromatic heterocycles. The van der Waals surface area contributed by atoms with Crippen LogP contribution in [0.2, 0.25) is 0 Å². The van der Waals surface area contributed by atoms with Crippen LogP contribution in [-0.2, 0) is 17.8 Å². The predicted molar refractivity (Wildman–Crippen MR) is 142 cm³/mol. The second-order valence-electron chi connectivity index (χ2n) is 9.02. The zero-order valence-electron chi connectivity index (χ0n) is 20.5. The van der Waals surface area contributed by atoms with Gasteiger partial charge < -0.3 is 10.2 Å². The first-order chi connectivity index (χ1) is 16.4.